The molecule has 0 rings (SSSR count). The fourth-order valence-corrected chi connectivity index (χ4v) is 12.1. The number of amides is 1. The van der Waals surface area contributed by atoms with Crippen LogP contribution in [0.5, 0.6) is 0 Å². The van der Waals surface area contributed by atoms with E-state index in [0.29, 0.717) is 19.3 Å². The zero-order valence-corrected chi connectivity index (χ0v) is 56.7. The van der Waals surface area contributed by atoms with E-state index in [1.54, 1.807) is 0 Å². The van der Waals surface area contributed by atoms with Crippen molar-refractivity contribution in [2.45, 2.75) is 436 Å². The largest absolute Gasteiger partial charge is 0.394 e. The van der Waals surface area contributed by atoms with Gasteiger partial charge in [0, 0.05) is 0 Å². The second kappa shape index (κ2) is 72.0. The minimum atomic E-state index is -1.30. The van der Waals surface area contributed by atoms with Crippen molar-refractivity contribution >= 4 is 5.91 Å². The van der Waals surface area contributed by atoms with Gasteiger partial charge in [-0.1, -0.05) is 371 Å². The number of carbonyl (C=O) groups excluding carboxylic acids is 1. The molecule has 0 aromatic heterocycles. The summed E-state index contributed by atoms with van der Waals surface area (Å²) in [5.74, 6) is -0.594. The van der Waals surface area contributed by atoms with Gasteiger partial charge in [-0.15, -0.1) is 0 Å². The van der Waals surface area contributed by atoms with Crippen LogP contribution >= 0.6 is 0 Å². The van der Waals surface area contributed by atoms with Crippen LogP contribution in [0.1, 0.15) is 412 Å². The molecule has 0 aromatic rings. The molecule has 0 saturated heterocycles. The van der Waals surface area contributed by atoms with Gasteiger partial charge in [-0.2, -0.15) is 0 Å². The van der Waals surface area contributed by atoms with E-state index < -0.39 is 36.9 Å². The predicted molar refractivity (Wildman–Crippen MR) is 371 cm³/mol. The summed E-state index contributed by atoms with van der Waals surface area (Å²) in [7, 11) is 0. The summed E-state index contributed by atoms with van der Waals surface area (Å²) in [4.78, 5) is 12.7. The number of allylic oxidation sites excluding steroid dienone is 8. The topological polar surface area (TPSA) is 110 Å². The molecule has 84 heavy (non-hydrogen) atoms. The highest BCUT2D eigenvalue weighted by atomic mass is 16.3. The number of aliphatic hydroxyl groups excluding tert-OH is 4. The third-order valence-corrected chi connectivity index (χ3v) is 18.0. The van der Waals surface area contributed by atoms with Crippen LogP contribution in [0.4, 0.5) is 0 Å². The zero-order valence-electron chi connectivity index (χ0n) is 56.7. The Bertz CT molecular complexity index is 1380. The Morgan fingerprint density at radius 2 is 0.500 bits per heavy atom. The van der Waals surface area contributed by atoms with Gasteiger partial charge in [-0.25, -0.2) is 0 Å². The van der Waals surface area contributed by atoms with E-state index in [4.69, 9.17) is 0 Å². The number of carbonyl (C=O) groups is 1. The molecule has 0 heterocycles. The van der Waals surface area contributed by atoms with E-state index in [2.05, 4.69) is 67.8 Å². The van der Waals surface area contributed by atoms with Crippen molar-refractivity contribution in [2.75, 3.05) is 6.61 Å². The van der Waals surface area contributed by atoms with Crippen LogP contribution in [-0.4, -0.2) is 57.3 Å². The van der Waals surface area contributed by atoms with E-state index in [9.17, 15) is 25.2 Å². The fourth-order valence-electron chi connectivity index (χ4n) is 12.1. The molecule has 0 spiro atoms. The third-order valence-electron chi connectivity index (χ3n) is 18.0. The smallest absolute Gasteiger partial charge is 0.249 e. The van der Waals surface area contributed by atoms with Crippen LogP contribution in [0, 0.1) is 0 Å². The first-order valence-electron chi connectivity index (χ1n) is 38.0. The molecule has 4 unspecified atom stereocenters. The van der Waals surface area contributed by atoms with E-state index in [-0.39, 0.29) is 0 Å². The molecule has 0 bridgehead atoms. The van der Waals surface area contributed by atoms with E-state index in [1.807, 2.05) is 0 Å². The van der Waals surface area contributed by atoms with Crippen molar-refractivity contribution < 1.29 is 25.2 Å². The van der Waals surface area contributed by atoms with Gasteiger partial charge in [0.25, 0.3) is 0 Å². The Balaban J connectivity index is 3.57. The van der Waals surface area contributed by atoms with Crippen LogP contribution in [0.25, 0.3) is 0 Å². The molecule has 1 amide bonds. The summed E-state index contributed by atoms with van der Waals surface area (Å²) < 4.78 is 0. The molecule has 6 nitrogen and oxygen atoms in total. The lowest BCUT2D eigenvalue weighted by molar-refractivity contribution is -0.132. The number of hydrogen-bond acceptors (Lipinski definition) is 5. The third kappa shape index (κ3) is 64.7. The van der Waals surface area contributed by atoms with Crippen LogP contribution < -0.4 is 5.32 Å². The molecule has 0 saturated carbocycles. The summed E-state index contributed by atoms with van der Waals surface area (Å²) in [6.07, 6.45) is 95.6. The Morgan fingerprint density at radius 1 is 0.286 bits per heavy atom. The summed E-state index contributed by atoms with van der Waals surface area (Å²) in [5, 5.41) is 44.2. The molecule has 0 radical (unpaired) electrons. The first kappa shape index (κ1) is 82.3. The summed E-state index contributed by atoms with van der Waals surface area (Å²) in [6, 6.07) is -1.01. The molecule has 0 aliphatic rings. The Morgan fingerprint density at radius 3 is 0.750 bits per heavy atom. The first-order chi connectivity index (χ1) is 41.5. The number of rotatable bonds is 71. The molecule has 5 N–H and O–H groups in total. The first-order valence-corrected chi connectivity index (χ1v) is 38.0. The van der Waals surface area contributed by atoms with Gasteiger partial charge in [-0.05, 0) is 89.9 Å². The minimum absolute atomic E-state index is 0.360. The molecule has 6 heteroatoms. The maximum atomic E-state index is 12.7. The maximum absolute atomic E-state index is 12.7. The average molecular weight is 1180 g/mol. The lowest BCUT2D eigenvalue weighted by Gasteiger charge is -2.27. The second-order valence-corrected chi connectivity index (χ2v) is 26.3. The van der Waals surface area contributed by atoms with Gasteiger partial charge < -0.3 is 25.7 Å². The highest BCUT2D eigenvalue weighted by molar-refractivity contribution is 5.80. The van der Waals surface area contributed by atoms with Crippen LogP contribution in [0.2, 0.25) is 0 Å². The lowest BCUT2D eigenvalue weighted by Crippen LogP contribution is -2.53. The molecule has 4 atom stereocenters. The van der Waals surface area contributed by atoms with E-state index >= 15 is 0 Å². The molecule has 0 aliphatic heterocycles. The van der Waals surface area contributed by atoms with E-state index in [1.165, 1.54) is 327 Å². The van der Waals surface area contributed by atoms with Crippen molar-refractivity contribution in [1.82, 2.24) is 5.32 Å². The lowest BCUT2D eigenvalue weighted by atomic mass is 10.00. The van der Waals surface area contributed by atoms with Crippen LogP contribution in [0.3, 0.4) is 0 Å². The maximum Gasteiger partial charge on any atom is 0.249 e. The molecular weight excluding hydrogens is 1030 g/mol. The highest BCUT2D eigenvalue weighted by Gasteiger charge is 2.28. The Hall–Kier alpha value is -1.73. The summed E-state index contributed by atoms with van der Waals surface area (Å²) >= 11 is 0. The number of nitrogens with one attached hydrogen (secondary N) is 1. The van der Waals surface area contributed by atoms with Gasteiger partial charge in [-0.3, -0.25) is 4.79 Å². The average Bonchev–Trinajstić information content (AvgIpc) is 3.53. The molecule has 0 aromatic carbocycles. The van der Waals surface area contributed by atoms with E-state index in [0.717, 1.165) is 51.4 Å². The standard InChI is InChI=1S/C78H149NO5/c1-3-5-7-9-11-13-15-17-19-21-23-25-27-29-31-33-35-36-37-38-39-40-41-42-44-46-48-50-52-54-56-58-60-62-64-66-68-70-72-76(82)78(84)79-74(73-80)77(83)75(81)71-69-67-65-63-61-59-57-55-53-51-49-47-45-43-34-32-30-28-26-24-22-20-18-16-14-12-10-8-6-4-2/h38-39,47,49,55,57,63,65,74-77,80-83H,3-37,40-46,48,50-54,56,58-62,64,66-73H2,1-2H3,(H,79,84)/b39-38-,49-47+,57-55+,65-63+. The van der Waals surface area contributed by atoms with Crippen molar-refractivity contribution in [3.63, 3.8) is 0 Å². The number of unbranched alkanes of at least 4 members (excludes halogenated alkanes) is 54. The number of hydrogen-bond donors (Lipinski definition) is 5. The normalized spacial score (nSPS) is 13.6. The van der Waals surface area contributed by atoms with Gasteiger partial charge >= 0.3 is 0 Å². The van der Waals surface area contributed by atoms with Gasteiger partial charge in [0.15, 0.2) is 0 Å². The SMILES string of the molecule is CCCCCCCCCCCCCCCCCCC/C=C/CC/C=C/CC/C=C/CCCC(O)C(O)C(CO)NC(=O)C(O)CCCCCCCCCCCCCCCCCC/C=C\CCCCCCCCCCCCCCCCCCCC. The van der Waals surface area contributed by atoms with Crippen molar-refractivity contribution in [3.8, 4) is 0 Å². The quantitative estimate of drug-likeness (QED) is 0.0308. The van der Waals surface area contributed by atoms with Crippen LogP contribution in [-0.2, 0) is 4.79 Å². The van der Waals surface area contributed by atoms with Crippen molar-refractivity contribution in [2.24, 2.45) is 0 Å². The highest BCUT2D eigenvalue weighted by Crippen LogP contribution is 2.19. The zero-order chi connectivity index (χ0) is 60.8. The molecule has 0 aliphatic carbocycles. The monoisotopic (exact) mass is 1180 g/mol. The minimum Gasteiger partial charge on any atom is -0.394 e. The van der Waals surface area contributed by atoms with Crippen molar-refractivity contribution in [3.05, 3.63) is 48.6 Å². The Kier molecular flexibility index (Phi) is 70.5. The molecular formula is C78H149NO5. The van der Waals surface area contributed by atoms with Crippen LogP contribution in [0.15, 0.2) is 48.6 Å². The fraction of sp³-hybridized carbons (Fsp3) is 0.885. The second-order valence-electron chi connectivity index (χ2n) is 26.3. The summed E-state index contributed by atoms with van der Waals surface area (Å²) in [6.45, 7) is 4.10. The number of aliphatic hydroxyl groups is 4. The van der Waals surface area contributed by atoms with Gasteiger partial charge in [0.1, 0.15) is 12.2 Å². The van der Waals surface area contributed by atoms with Gasteiger partial charge in [0.2, 0.25) is 5.91 Å². The molecule has 496 valence electrons. The molecule has 0 fully saturated rings. The summed E-state index contributed by atoms with van der Waals surface area (Å²) in [5.41, 5.74) is 0. The Labute approximate surface area is 525 Å². The predicted octanol–water partition coefficient (Wildman–Crippen LogP) is 24.0. The van der Waals surface area contributed by atoms with Gasteiger partial charge in [0.05, 0.1) is 18.8 Å². The van der Waals surface area contributed by atoms with Crippen molar-refractivity contribution in [1.29, 1.82) is 0 Å².